The Hall–Kier alpha value is -2.39. The molecule has 3 heterocycles. The molecule has 0 aliphatic carbocycles. The van der Waals surface area contributed by atoms with Crippen molar-refractivity contribution in [3.8, 4) is 22.6 Å². The highest BCUT2D eigenvalue weighted by atomic mass is 32.2. The van der Waals surface area contributed by atoms with Gasteiger partial charge in [-0.1, -0.05) is 30.3 Å². The van der Waals surface area contributed by atoms with E-state index in [0.29, 0.717) is 28.9 Å². The first-order valence-electron chi connectivity index (χ1n) is 10.7. The van der Waals surface area contributed by atoms with Crippen LogP contribution in [0.5, 0.6) is 11.5 Å². The van der Waals surface area contributed by atoms with Crippen LogP contribution in [-0.2, 0) is 21.3 Å². The van der Waals surface area contributed by atoms with Gasteiger partial charge in [-0.15, -0.1) is 11.3 Å². The number of nitrogens with zero attached hydrogens (tertiary/aromatic N) is 1. The summed E-state index contributed by atoms with van der Waals surface area (Å²) in [4.78, 5) is 0. The predicted octanol–water partition coefficient (Wildman–Crippen LogP) is 4.47. The maximum absolute atomic E-state index is 13.2. The van der Waals surface area contributed by atoms with Gasteiger partial charge in [0.1, 0.15) is 16.9 Å². The number of aryl methyl sites for hydroxylation is 1. The predicted molar refractivity (Wildman–Crippen MR) is 124 cm³/mol. The third-order valence-corrected chi connectivity index (χ3v) is 9.01. The fourth-order valence-electron chi connectivity index (χ4n) is 4.13. The van der Waals surface area contributed by atoms with E-state index in [-0.39, 0.29) is 25.8 Å². The van der Waals surface area contributed by atoms with Crippen molar-refractivity contribution in [1.82, 2.24) is 4.31 Å². The Bertz CT molecular complexity index is 1200. The minimum absolute atomic E-state index is 0.0379. The summed E-state index contributed by atoms with van der Waals surface area (Å²) >= 11 is 1.23. The average molecular weight is 472 g/mol. The molecule has 2 aliphatic rings. The summed E-state index contributed by atoms with van der Waals surface area (Å²) < 4.78 is 46.1. The van der Waals surface area contributed by atoms with Gasteiger partial charge in [-0.3, -0.25) is 0 Å². The zero-order valence-electron chi connectivity index (χ0n) is 17.8. The Morgan fingerprint density at radius 1 is 1.12 bits per heavy atom. The van der Waals surface area contributed by atoms with Crippen molar-refractivity contribution in [1.29, 1.82) is 0 Å². The van der Waals surface area contributed by atoms with Gasteiger partial charge >= 0.3 is 0 Å². The number of hydrogen-bond donors (Lipinski definition) is 0. The zero-order valence-corrected chi connectivity index (χ0v) is 19.5. The molecular weight excluding hydrogens is 446 g/mol. The standard InChI is InChI=1S/C24H25NO5S2/c1-17-5-2-3-6-21(17)18-13-19-15-25(32(26,27)23-7-4-12-31-23)9-11-29-24(19)22(14-18)30-20-8-10-28-16-20/h2-7,12-14,20H,8-11,15-16H2,1H3/t20-/m1/s1. The summed E-state index contributed by atoms with van der Waals surface area (Å²) in [5.41, 5.74) is 4.01. The highest BCUT2D eigenvalue weighted by molar-refractivity contribution is 7.91. The maximum atomic E-state index is 13.2. The van der Waals surface area contributed by atoms with Gasteiger partial charge in [0.05, 0.1) is 13.2 Å². The van der Waals surface area contributed by atoms with Crippen molar-refractivity contribution >= 4 is 21.4 Å². The molecule has 0 N–H and O–H groups in total. The molecule has 168 valence electrons. The van der Waals surface area contributed by atoms with Gasteiger partial charge in [0.15, 0.2) is 11.5 Å². The number of hydrogen-bond acceptors (Lipinski definition) is 6. The molecule has 1 aromatic heterocycles. The second-order valence-corrected chi connectivity index (χ2v) is 11.1. The Labute approximate surface area is 192 Å². The summed E-state index contributed by atoms with van der Waals surface area (Å²) in [6.45, 7) is 4.06. The van der Waals surface area contributed by atoms with Gasteiger partial charge in [-0.2, -0.15) is 4.31 Å². The number of sulfonamides is 1. The normalized spacial score (nSPS) is 19.2. The summed E-state index contributed by atoms with van der Waals surface area (Å²) in [5, 5.41) is 1.78. The van der Waals surface area contributed by atoms with Crippen LogP contribution in [0.15, 0.2) is 58.1 Å². The third-order valence-electron chi connectivity index (χ3n) is 5.79. The van der Waals surface area contributed by atoms with Crippen LogP contribution >= 0.6 is 11.3 Å². The van der Waals surface area contributed by atoms with Crippen molar-refractivity contribution in [3.05, 3.63) is 65.0 Å². The van der Waals surface area contributed by atoms with Crippen LogP contribution in [0, 0.1) is 6.92 Å². The highest BCUT2D eigenvalue weighted by Crippen LogP contribution is 2.41. The quantitative estimate of drug-likeness (QED) is 0.549. The lowest BCUT2D eigenvalue weighted by Gasteiger charge is -2.20. The first-order chi connectivity index (χ1) is 15.5. The summed E-state index contributed by atoms with van der Waals surface area (Å²) in [5.74, 6) is 1.27. The first kappa shape index (κ1) is 21.5. The van der Waals surface area contributed by atoms with Crippen LogP contribution in [0.25, 0.3) is 11.1 Å². The molecule has 32 heavy (non-hydrogen) atoms. The lowest BCUT2D eigenvalue weighted by atomic mass is 9.98. The van der Waals surface area contributed by atoms with Crippen LogP contribution in [-0.4, -0.2) is 45.2 Å². The van der Waals surface area contributed by atoms with Crippen LogP contribution in [0.3, 0.4) is 0 Å². The number of fused-ring (bicyclic) bond motifs is 1. The molecule has 3 aromatic rings. The summed E-state index contributed by atoms with van der Waals surface area (Å²) in [7, 11) is -3.59. The smallest absolute Gasteiger partial charge is 0.252 e. The SMILES string of the molecule is Cc1ccccc1-c1cc2c(c(O[C@@H]3CCOC3)c1)OCCN(S(=O)(=O)c1cccs1)C2. The highest BCUT2D eigenvalue weighted by Gasteiger charge is 2.31. The van der Waals surface area contributed by atoms with Gasteiger partial charge in [-0.25, -0.2) is 8.42 Å². The fourth-order valence-corrected chi connectivity index (χ4v) is 6.67. The molecule has 0 amide bonds. The van der Waals surface area contributed by atoms with E-state index >= 15 is 0 Å². The molecule has 2 aliphatic heterocycles. The fraction of sp³-hybridized carbons (Fsp3) is 0.333. The monoisotopic (exact) mass is 471 g/mol. The minimum Gasteiger partial charge on any atom is -0.488 e. The number of ether oxygens (including phenoxy) is 3. The molecule has 1 atom stereocenters. The van der Waals surface area contributed by atoms with Crippen LogP contribution < -0.4 is 9.47 Å². The van der Waals surface area contributed by atoms with Gasteiger partial charge in [0.2, 0.25) is 0 Å². The van der Waals surface area contributed by atoms with Crippen LogP contribution in [0.4, 0.5) is 0 Å². The van der Waals surface area contributed by atoms with E-state index in [1.165, 1.54) is 15.6 Å². The molecule has 2 aromatic carbocycles. The summed E-state index contributed by atoms with van der Waals surface area (Å²) in [6.07, 6.45) is 0.784. The van der Waals surface area contributed by atoms with Gasteiger partial charge in [-0.05, 0) is 47.2 Å². The number of thiophene rings is 1. The van der Waals surface area contributed by atoms with Crippen molar-refractivity contribution in [2.45, 2.75) is 30.2 Å². The van der Waals surface area contributed by atoms with Crippen molar-refractivity contribution < 1.29 is 22.6 Å². The Morgan fingerprint density at radius 3 is 2.75 bits per heavy atom. The van der Waals surface area contributed by atoms with Crippen molar-refractivity contribution in [3.63, 3.8) is 0 Å². The zero-order chi connectivity index (χ0) is 22.1. The Kier molecular flexibility index (Phi) is 5.94. The van der Waals surface area contributed by atoms with E-state index in [4.69, 9.17) is 14.2 Å². The van der Waals surface area contributed by atoms with Crippen molar-refractivity contribution in [2.24, 2.45) is 0 Å². The molecule has 0 unspecified atom stereocenters. The van der Waals surface area contributed by atoms with E-state index < -0.39 is 10.0 Å². The molecule has 0 bridgehead atoms. The second-order valence-electron chi connectivity index (χ2n) is 8.00. The second kappa shape index (κ2) is 8.86. The minimum atomic E-state index is -3.59. The van der Waals surface area contributed by atoms with E-state index in [1.54, 1.807) is 17.5 Å². The molecule has 1 fully saturated rings. The first-order valence-corrected chi connectivity index (χ1v) is 13.0. The molecule has 6 nitrogen and oxygen atoms in total. The molecule has 0 saturated carbocycles. The van der Waals surface area contributed by atoms with E-state index in [9.17, 15) is 8.42 Å². The topological polar surface area (TPSA) is 65.1 Å². The van der Waals surface area contributed by atoms with Crippen molar-refractivity contribution in [2.75, 3.05) is 26.4 Å². The lowest BCUT2D eigenvalue weighted by molar-refractivity contribution is 0.137. The van der Waals surface area contributed by atoms with Crippen LogP contribution in [0.2, 0.25) is 0 Å². The van der Waals surface area contributed by atoms with E-state index in [2.05, 4.69) is 19.1 Å². The molecule has 5 rings (SSSR count). The Balaban J connectivity index is 1.58. The Morgan fingerprint density at radius 2 is 2.00 bits per heavy atom. The lowest BCUT2D eigenvalue weighted by Crippen LogP contribution is -2.32. The van der Waals surface area contributed by atoms with Crippen LogP contribution in [0.1, 0.15) is 17.5 Å². The third kappa shape index (κ3) is 4.15. The van der Waals surface area contributed by atoms with E-state index in [0.717, 1.165) is 28.7 Å². The number of rotatable bonds is 5. The van der Waals surface area contributed by atoms with E-state index in [1.807, 2.05) is 24.3 Å². The molecule has 0 radical (unpaired) electrons. The largest absolute Gasteiger partial charge is 0.488 e. The molecule has 1 saturated heterocycles. The van der Waals surface area contributed by atoms with Gasteiger partial charge < -0.3 is 14.2 Å². The van der Waals surface area contributed by atoms with Gasteiger partial charge in [0, 0.05) is 25.1 Å². The average Bonchev–Trinajstić information content (AvgIpc) is 3.45. The molecule has 8 heteroatoms. The molecule has 0 spiro atoms. The summed E-state index contributed by atoms with van der Waals surface area (Å²) in [6, 6.07) is 15.6. The number of benzene rings is 2. The molecular formula is C24H25NO5S2. The van der Waals surface area contributed by atoms with Gasteiger partial charge in [0.25, 0.3) is 10.0 Å². The maximum Gasteiger partial charge on any atom is 0.252 e.